The number of nitrogens with zero attached hydrogens (tertiary/aromatic N) is 2. The molecule has 38 heavy (non-hydrogen) atoms. The molecule has 1 N–H and O–H groups in total. The fourth-order valence-electron chi connectivity index (χ4n) is 3.85. The lowest BCUT2D eigenvalue weighted by Gasteiger charge is -2.33. The first-order valence-electron chi connectivity index (χ1n) is 11.3. The SMILES string of the molecule is CNC(=O)[C@H](Cc1ccccc1)N(Cc1ccc(Cl)c(Cl)c1)C(=O)CN(c1cc(Cl)cc(Cl)c1)S(C)(=O)=O. The van der Waals surface area contributed by atoms with Crippen LogP contribution in [0, 0.1) is 0 Å². The molecule has 0 radical (unpaired) electrons. The third-order valence-corrected chi connectivity index (χ3v) is 7.98. The van der Waals surface area contributed by atoms with Crippen LogP contribution in [-0.2, 0) is 32.6 Å². The molecule has 0 heterocycles. The first-order valence-corrected chi connectivity index (χ1v) is 14.7. The zero-order chi connectivity index (χ0) is 28.0. The van der Waals surface area contributed by atoms with E-state index in [0.717, 1.165) is 16.1 Å². The van der Waals surface area contributed by atoms with Gasteiger partial charge in [-0.05, 0) is 41.5 Å². The fraction of sp³-hybridized carbons (Fsp3) is 0.231. The molecule has 12 heteroatoms. The first-order chi connectivity index (χ1) is 17.9. The maximum absolute atomic E-state index is 13.9. The minimum Gasteiger partial charge on any atom is -0.357 e. The molecule has 2 amide bonds. The summed E-state index contributed by atoms with van der Waals surface area (Å²) in [7, 11) is -2.48. The molecular formula is C26H25Cl4N3O4S. The summed E-state index contributed by atoms with van der Waals surface area (Å²) >= 11 is 24.5. The summed E-state index contributed by atoms with van der Waals surface area (Å²) in [6.07, 6.45) is 1.16. The van der Waals surface area contributed by atoms with Crippen molar-refractivity contribution in [3.05, 3.63) is 97.9 Å². The van der Waals surface area contributed by atoms with E-state index >= 15 is 0 Å². The monoisotopic (exact) mass is 615 g/mol. The van der Waals surface area contributed by atoms with Crippen LogP contribution in [0.1, 0.15) is 11.1 Å². The minimum atomic E-state index is -3.95. The number of hydrogen-bond acceptors (Lipinski definition) is 4. The number of benzene rings is 3. The van der Waals surface area contributed by atoms with Crippen molar-refractivity contribution in [2.45, 2.75) is 19.0 Å². The van der Waals surface area contributed by atoms with Crippen LogP contribution < -0.4 is 9.62 Å². The van der Waals surface area contributed by atoms with Crippen LogP contribution in [0.4, 0.5) is 5.69 Å². The van der Waals surface area contributed by atoms with Gasteiger partial charge in [-0.2, -0.15) is 0 Å². The molecule has 0 saturated carbocycles. The van der Waals surface area contributed by atoms with Gasteiger partial charge in [0.05, 0.1) is 22.0 Å². The van der Waals surface area contributed by atoms with Gasteiger partial charge in [-0.1, -0.05) is 82.8 Å². The molecule has 0 saturated heterocycles. The van der Waals surface area contributed by atoms with E-state index in [1.165, 1.54) is 30.1 Å². The van der Waals surface area contributed by atoms with E-state index in [9.17, 15) is 18.0 Å². The van der Waals surface area contributed by atoms with Crippen LogP contribution in [0.5, 0.6) is 0 Å². The Labute approximate surface area is 242 Å². The average molecular weight is 617 g/mol. The summed E-state index contributed by atoms with van der Waals surface area (Å²) in [6.45, 7) is -0.631. The van der Waals surface area contributed by atoms with E-state index in [-0.39, 0.29) is 33.7 Å². The number of halogens is 4. The number of rotatable bonds is 10. The number of likely N-dealkylation sites (N-methyl/N-ethyl adjacent to an activating group) is 1. The van der Waals surface area contributed by atoms with Crippen LogP contribution in [0.15, 0.2) is 66.7 Å². The Morgan fingerprint density at radius 3 is 2.05 bits per heavy atom. The Hall–Kier alpha value is -2.49. The summed E-state index contributed by atoms with van der Waals surface area (Å²) in [5.74, 6) is -1.04. The number of anilines is 1. The second-order valence-corrected chi connectivity index (χ2v) is 12.1. The summed E-state index contributed by atoms with van der Waals surface area (Å²) in [4.78, 5) is 28.3. The number of amides is 2. The van der Waals surface area contributed by atoms with Gasteiger partial charge in [0.2, 0.25) is 21.8 Å². The van der Waals surface area contributed by atoms with Gasteiger partial charge in [0.1, 0.15) is 12.6 Å². The molecule has 0 fully saturated rings. The van der Waals surface area contributed by atoms with E-state index in [2.05, 4.69) is 5.32 Å². The quantitative estimate of drug-likeness (QED) is 0.328. The molecule has 3 rings (SSSR count). The van der Waals surface area contributed by atoms with Crippen LogP contribution in [0.2, 0.25) is 20.1 Å². The molecule has 0 aliphatic rings. The number of carbonyl (C=O) groups is 2. The highest BCUT2D eigenvalue weighted by atomic mass is 35.5. The van der Waals surface area contributed by atoms with Crippen molar-refractivity contribution in [2.24, 2.45) is 0 Å². The maximum Gasteiger partial charge on any atom is 0.244 e. The number of hydrogen-bond donors (Lipinski definition) is 1. The van der Waals surface area contributed by atoms with Gasteiger partial charge in [-0.15, -0.1) is 0 Å². The van der Waals surface area contributed by atoms with Gasteiger partial charge >= 0.3 is 0 Å². The van der Waals surface area contributed by atoms with Gasteiger partial charge < -0.3 is 10.2 Å². The van der Waals surface area contributed by atoms with Crippen molar-refractivity contribution in [1.29, 1.82) is 0 Å². The van der Waals surface area contributed by atoms with Crippen LogP contribution in [0.25, 0.3) is 0 Å². The molecule has 7 nitrogen and oxygen atoms in total. The predicted molar refractivity (Wildman–Crippen MR) is 154 cm³/mol. The zero-order valence-corrected chi connectivity index (χ0v) is 24.3. The standard InChI is InChI=1S/C26H25Cl4N3O4S/c1-31-26(35)24(11-17-6-4-3-5-7-17)32(15-18-8-9-22(29)23(30)10-18)25(34)16-33(38(2,36)37)21-13-19(27)12-20(28)14-21/h3-10,12-14,24H,11,15-16H2,1-2H3,(H,31,35)/t24-/m0/s1. The Kier molecular flexibility index (Phi) is 10.3. The van der Waals surface area contributed by atoms with Crippen LogP contribution >= 0.6 is 46.4 Å². The number of carbonyl (C=O) groups excluding carboxylic acids is 2. The lowest BCUT2D eigenvalue weighted by atomic mass is 10.0. The van der Waals surface area contributed by atoms with Crippen molar-refractivity contribution in [2.75, 3.05) is 24.2 Å². The number of nitrogens with one attached hydrogen (secondary N) is 1. The van der Waals surface area contributed by atoms with Crippen molar-refractivity contribution >= 4 is 73.9 Å². The van der Waals surface area contributed by atoms with Gasteiger partial charge in [0.25, 0.3) is 0 Å². The van der Waals surface area contributed by atoms with Gasteiger partial charge in [0, 0.05) is 30.1 Å². The second kappa shape index (κ2) is 13.0. The van der Waals surface area contributed by atoms with E-state index in [0.29, 0.717) is 10.6 Å². The van der Waals surface area contributed by atoms with Crippen molar-refractivity contribution in [3.8, 4) is 0 Å². The van der Waals surface area contributed by atoms with Gasteiger partial charge in [-0.3, -0.25) is 13.9 Å². The smallest absolute Gasteiger partial charge is 0.244 e. The Balaban J connectivity index is 2.06. The number of sulfonamides is 1. The van der Waals surface area contributed by atoms with E-state index in [1.54, 1.807) is 18.2 Å². The molecule has 1 atom stereocenters. The highest BCUT2D eigenvalue weighted by Crippen LogP contribution is 2.28. The molecular weight excluding hydrogens is 592 g/mol. The van der Waals surface area contributed by atoms with Gasteiger partial charge in [-0.25, -0.2) is 8.42 Å². The average Bonchev–Trinajstić information content (AvgIpc) is 2.85. The van der Waals surface area contributed by atoms with Crippen molar-refractivity contribution in [3.63, 3.8) is 0 Å². The fourth-order valence-corrected chi connectivity index (χ4v) is 5.52. The zero-order valence-electron chi connectivity index (χ0n) is 20.5. The summed E-state index contributed by atoms with van der Waals surface area (Å²) in [6, 6.07) is 17.3. The maximum atomic E-state index is 13.9. The lowest BCUT2D eigenvalue weighted by molar-refractivity contribution is -0.139. The van der Waals surface area contributed by atoms with E-state index in [1.807, 2.05) is 30.3 Å². The summed E-state index contributed by atoms with van der Waals surface area (Å²) < 4.78 is 26.4. The Morgan fingerprint density at radius 2 is 1.50 bits per heavy atom. The van der Waals surface area contributed by atoms with E-state index in [4.69, 9.17) is 46.4 Å². The van der Waals surface area contributed by atoms with Crippen molar-refractivity contribution < 1.29 is 18.0 Å². The van der Waals surface area contributed by atoms with Crippen LogP contribution in [-0.4, -0.2) is 51.0 Å². The molecule has 0 aliphatic heterocycles. The molecule has 0 aromatic heterocycles. The normalized spacial score (nSPS) is 12.1. The van der Waals surface area contributed by atoms with E-state index < -0.39 is 34.4 Å². The molecule has 0 aliphatic carbocycles. The second-order valence-electron chi connectivity index (χ2n) is 8.49. The highest BCUT2D eigenvalue weighted by Gasteiger charge is 2.32. The summed E-state index contributed by atoms with van der Waals surface area (Å²) in [5.41, 5.74) is 1.54. The summed E-state index contributed by atoms with van der Waals surface area (Å²) in [5, 5.41) is 3.63. The molecule has 0 spiro atoms. The molecule has 202 valence electrons. The molecule has 3 aromatic rings. The largest absolute Gasteiger partial charge is 0.357 e. The third-order valence-electron chi connectivity index (χ3n) is 5.67. The molecule has 0 bridgehead atoms. The first kappa shape index (κ1) is 30.1. The minimum absolute atomic E-state index is 0.0332. The third kappa shape index (κ3) is 8.01. The molecule has 3 aromatic carbocycles. The lowest BCUT2D eigenvalue weighted by Crippen LogP contribution is -2.52. The topological polar surface area (TPSA) is 86.8 Å². The molecule has 0 unspecified atom stereocenters. The predicted octanol–water partition coefficient (Wildman–Crippen LogP) is 5.45. The Morgan fingerprint density at radius 1 is 0.868 bits per heavy atom. The van der Waals surface area contributed by atoms with Crippen molar-refractivity contribution in [1.82, 2.24) is 10.2 Å². The van der Waals surface area contributed by atoms with Gasteiger partial charge in [0.15, 0.2) is 0 Å². The Bertz CT molecular complexity index is 1400. The van der Waals surface area contributed by atoms with Crippen LogP contribution in [0.3, 0.4) is 0 Å². The highest BCUT2D eigenvalue weighted by molar-refractivity contribution is 7.92.